The van der Waals surface area contributed by atoms with Crippen LogP contribution in [0, 0.1) is 0 Å². The number of anilines is 2. The van der Waals surface area contributed by atoms with Crippen molar-refractivity contribution >= 4 is 28.6 Å². The first-order valence-electron chi connectivity index (χ1n) is 8.54. The van der Waals surface area contributed by atoms with Crippen LogP contribution >= 0.6 is 0 Å². The van der Waals surface area contributed by atoms with E-state index in [9.17, 15) is 4.79 Å². The van der Waals surface area contributed by atoms with E-state index in [1.54, 1.807) is 10.9 Å². The Balaban J connectivity index is 1.66. The van der Waals surface area contributed by atoms with E-state index in [4.69, 9.17) is 14.2 Å². The first-order chi connectivity index (χ1) is 13.2. The number of carbonyl (C=O) groups is 1. The number of hydrogen-bond acceptors (Lipinski definition) is 8. The van der Waals surface area contributed by atoms with Crippen molar-refractivity contribution in [2.75, 3.05) is 25.1 Å². The summed E-state index contributed by atoms with van der Waals surface area (Å²) in [6, 6.07) is 7.60. The number of esters is 1. The Morgan fingerprint density at radius 1 is 1.15 bits per heavy atom. The molecule has 0 saturated carbocycles. The Kier molecular flexibility index (Phi) is 6.16. The molecule has 0 bridgehead atoms. The summed E-state index contributed by atoms with van der Waals surface area (Å²) in [5.41, 5.74) is 2.14. The quantitative estimate of drug-likeness (QED) is 0.452. The number of nitrogens with zero attached hydrogens (tertiary/aromatic N) is 4. The lowest BCUT2D eigenvalue weighted by Crippen LogP contribution is -2.10. The molecule has 0 radical (unpaired) electrons. The summed E-state index contributed by atoms with van der Waals surface area (Å²) < 4.78 is 17.5. The molecule has 27 heavy (non-hydrogen) atoms. The van der Waals surface area contributed by atoms with E-state index in [2.05, 4.69) is 20.3 Å². The van der Waals surface area contributed by atoms with Crippen molar-refractivity contribution in [2.24, 2.45) is 0 Å². The Bertz CT molecular complexity index is 894. The Labute approximate surface area is 156 Å². The fourth-order valence-electron chi connectivity index (χ4n) is 2.41. The molecular weight excluding hydrogens is 350 g/mol. The molecule has 142 valence electrons. The van der Waals surface area contributed by atoms with Crippen LogP contribution in [-0.4, -0.2) is 45.3 Å². The average molecular weight is 371 g/mol. The van der Waals surface area contributed by atoms with Crippen LogP contribution in [0.15, 0.2) is 36.9 Å². The van der Waals surface area contributed by atoms with E-state index in [0.717, 1.165) is 11.4 Å². The molecule has 2 aromatic heterocycles. The van der Waals surface area contributed by atoms with Gasteiger partial charge < -0.3 is 19.5 Å². The number of aromatic nitrogens is 4. The van der Waals surface area contributed by atoms with Crippen molar-refractivity contribution in [3.63, 3.8) is 0 Å². The van der Waals surface area contributed by atoms with Gasteiger partial charge in [-0.2, -0.15) is 0 Å². The van der Waals surface area contributed by atoms with Gasteiger partial charge in [0.2, 0.25) is 0 Å². The van der Waals surface area contributed by atoms with E-state index in [1.807, 2.05) is 31.2 Å². The zero-order valence-electron chi connectivity index (χ0n) is 15.2. The van der Waals surface area contributed by atoms with E-state index < -0.39 is 0 Å². The molecule has 9 heteroatoms. The molecule has 0 unspecified atom stereocenters. The average Bonchev–Trinajstić information content (AvgIpc) is 3.07. The van der Waals surface area contributed by atoms with Gasteiger partial charge in [0.1, 0.15) is 25.4 Å². The van der Waals surface area contributed by atoms with Crippen LogP contribution in [0.4, 0.5) is 11.5 Å². The van der Waals surface area contributed by atoms with Gasteiger partial charge in [-0.05, 0) is 31.2 Å². The fourth-order valence-corrected chi connectivity index (χ4v) is 2.41. The van der Waals surface area contributed by atoms with Gasteiger partial charge in [0.15, 0.2) is 17.0 Å². The van der Waals surface area contributed by atoms with Gasteiger partial charge in [-0.3, -0.25) is 9.36 Å². The molecule has 0 spiro atoms. The van der Waals surface area contributed by atoms with E-state index in [-0.39, 0.29) is 19.3 Å². The van der Waals surface area contributed by atoms with Crippen LogP contribution in [0.25, 0.3) is 11.2 Å². The van der Waals surface area contributed by atoms with Gasteiger partial charge in [0.05, 0.1) is 19.5 Å². The fraction of sp³-hybridized carbons (Fsp3) is 0.333. The highest BCUT2D eigenvalue weighted by Gasteiger charge is 2.10. The van der Waals surface area contributed by atoms with Gasteiger partial charge in [-0.1, -0.05) is 0 Å². The third kappa shape index (κ3) is 4.91. The van der Waals surface area contributed by atoms with Crippen molar-refractivity contribution < 1.29 is 19.0 Å². The van der Waals surface area contributed by atoms with Gasteiger partial charge in [-0.15, -0.1) is 0 Å². The molecule has 0 saturated heterocycles. The number of rotatable bonds is 9. The summed E-state index contributed by atoms with van der Waals surface area (Å²) in [4.78, 5) is 23.6. The van der Waals surface area contributed by atoms with Crippen molar-refractivity contribution in [2.45, 2.75) is 20.6 Å². The minimum Gasteiger partial charge on any atom is -0.494 e. The normalized spacial score (nSPS) is 10.7. The molecule has 3 aromatic rings. The number of ether oxygens (including phenoxy) is 3. The van der Waals surface area contributed by atoms with Gasteiger partial charge in [-0.25, -0.2) is 15.0 Å². The summed E-state index contributed by atoms with van der Waals surface area (Å²) in [6.07, 6.45) is 3.10. The highest BCUT2D eigenvalue weighted by Crippen LogP contribution is 2.23. The molecule has 1 aromatic carbocycles. The van der Waals surface area contributed by atoms with Gasteiger partial charge in [0, 0.05) is 12.6 Å². The number of carbonyl (C=O) groups excluding carboxylic acids is 1. The maximum absolute atomic E-state index is 10.7. The second-order valence-electron chi connectivity index (χ2n) is 5.57. The molecule has 0 amide bonds. The second-order valence-corrected chi connectivity index (χ2v) is 5.57. The van der Waals surface area contributed by atoms with Gasteiger partial charge >= 0.3 is 5.97 Å². The first-order valence-corrected chi connectivity index (χ1v) is 8.54. The highest BCUT2D eigenvalue weighted by atomic mass is 16.6. The lowest BCUT2D eigenvalue weighted by molar-refractivity contribution is -0.142. The third-order valence-corrected chi connectivity index (χ3v) is 3.59. The zero-order valence-corrected chi connectivity index (χ0v) is 15.2. The van der Waals surface area contributed by atoms with Crippen LogP contribution in [0.5, 0.6) is 5.75 Å². The van der Waals surface area contributed by atoms with E-state index >= 15 is 0 Å². The molecule has 3 rings (SSSR count). The van der Waals surface area contributed by atoms with Crippen molar-refractivity contribution in [3.8, 4) is 5.75 Å². The molecule has 2 heterocycles. The molecule has 9 nitrogen and oxygen atoms in total. The Morgan fingerprint density at radius 2 is 1.96 bits per heavy atom. The minimum atomic E-state index is -0.329. The number of benzene rings is 1. The number of nitrogens with one attached hydrogen (secondary N) is 1. The summed E-state index contributed by atoms with van der Waals surface area (Å²) in [5, 5.41) is 3.24. The van der Waals surface area contributed by atoms with Crippen LogP contribution in [-0.2, 0) is 21.0 Å². The van der Waals surface area contributed by atoms with Crippen molar-refractivity contribution in [1.29, 1.82) is 0 Å². The minimum absolute atomic E-state index is 0.210. The van der Waals surface area contributed by atoms with Crippen LogP contribution < -0.4 is 10.1 Å². The lowest BCUT2D eigenvalue weighted by atomic mass is 10.3. The predicted octanol–water partition coefficient (Wildman–Crippen LogP) is 2.51. The first kappa shape index (κ1) is 18.6. The molecule has 0 atom stereocenters. The molecular formula is C18H21N5O4. The SMILES string of the molecule is CCOc1ccc(Nc2ncnc3c2ncn3COCCOC(C)=O)cc1. The van der Waals surface area contributed by atoms with Crippen molar-refractivity contribution in [1.82, 2.24) is 19.5 Å². The van der Waals surface area contributed by atoms with Crippen LogP contribution in [0.1, 0.15) is 13.8 Å². The molecule has 1 N–H and O–H groups in total. The van der Waals surface area contributed by atoms with Crippen LogP contribution in [0.3, 0.4) is 0 Å². The monoisotopic (exact) mass is 371 g/mol. The standard InChI is InChI=1S/C18H21N5O4/c1-3-26-15-6-4-14(5-7-15)22-17-16-18(20-10-19-17)23(11-21-16)12-25-8-9-27-13(2)24/h4-7,10-11H,3,8-9,12H2,1-2H3,(H,19,20,22). The van der Waals surface area contributed by atoms with Crippen molar-refractivity contribution in [3.05, 3.63) is 36.9 Å². The summed E-state index contributed by atoms with van der Waals surface area (Å²) >= 11 is 0. The molecule has 0 aliphatic rings. The second kappa shape index (κ2) is 8.95. The van der Waals surface area contributed by atoms with E-state index in [0.29, 0.717) is 30.2 Å². The maximum atomic E-state index is 10.7. The number of imidazole rings is 1. The molecule has 0 aliphatic heterocycles. The Morgan fingerprint density at radius 3 is 2.70 bits per heavy atom. The zero-order chi connectivity index (χ0) is 19.1. The Hall–Kier alpha value is -3.20. The highest BCUT2D eigenvalue weighted by molar-refractivity contribution is 5.85. The third-order valence-electron chi connectivity index (χ3n) is 3.59. The summed E-state index contributed by atoms with van der Waals surface area (Å²) in [7, 11) is 0. The topological polar surface area (TPSA) is 100 Å². The van der Waals surface area contributed by atoms with E-state index in [1.165, 1.54) is 13.3 Å². The smallest absolute Gasteiger partial charge is 0.302 e. The maximum Gasteiger partial charge on any atom is 0.302 e. The summed E-state index contributed by atoms with van der Waals surface area (Å²) in [5.74, 6) is 1.08. The lowest BCUT2D eigenvalue weighted by Gasteiger charge is -2.08. The molecule has 0 fully saturated rings. The molecule has 0 aliphatic carbocycles. The number of fused-ring (bicyclic) bond motifs is 1. The number of hydrogen-bond donors (Lipinski definition) is 1. The van der Waals surface area contributed by atoms with Gasteiger partial charge in [0.25, 0.3) is 0 Å². The summed E-state index contributed by atoms with van der Waals surface area (Å²) in [6.45, 7) is 4.68. The van der Waals surface area contributed by atoms with Crippen LogP contribution in [0.2, 0.25) is 0 Å². The largest absolute Gasteiger partial charge is 0.494 e. The predicted molar refractivity (Wildman–Crippen MR) is 98.8 cm³/mol.